The number of benzene rings is 1. The predicted octanol–water partition coefficient (Wildman–Crippen LogP) is 2.39. The van der Waals surface area contributed by atoms with Gasteiger partial charge in [-0.1, -0.05) is 19.1 Å². The number of ether oxygens (including phenoxy) is 1. The summed E-state index contributed by atoms with van der Waals surface area (Å²) >= 11 is 0. The number of nitrogens with zero attached hydrogens (tertiary/aromatic N) is 1. The molecule has 0 spiro atoms. The molecular weight excluding hydrogens is 304 g/mol. The van der Waals surface area contributed by atoms with Gasteiger partial charge < -0.3 is 15.0 Å². The van der Waals surface area contributed by atoms with Crippen molar-refractivity contribution in [2.75, 3.05) is 26.7 Å². The highest BCUT2D eigenvalue weighted by Crippen LogP contribution is 2.18. The van der Waals surface area contributed by atoms with E-state index in [1.165, 1.54) is 0 Å². The van der Waals surface area contributed by atoms with Gasteiger partial charge in [0.05, 0.1) is 13.5 Å². The second kappa shape index (κ2) is 9.30. The highest BCUT2D eigenvalue weighted by molar-refractivity contribution is 5.79. The van der Waals surface area contributed by atoms with Gasteiger partial charge in [0.1, 0.15) is 5.75 Å². The summed E-state index contributed by atoms with van der Waals surface area (Å²) in [6.45, 7) is 4.22. The number of carbonyl (C=O) groups excluding carboxylic acids is 2. The summed E-state index contributed by atoms with van der Waals surface area (Å²) in [5, 5.41) is 2.98. The maximum absolute atomic E-state index is 12.5. The van der Waals surface area contributed by atoms with Gasteiger partial charge in [0.2, 0.25) is 11.8 Å². The Bertz CT molecular complexity index is 542. The summed E-state index contributed by atoms with van der Waals surface area (Å²) in [5.74, 6) is 1.43. The summed E-state index contributed by atoms with van der Waals surface area (Å²) < 4.78 is 5.14. The van der Waals surface area contributed by atoms with Crippen molar-refractivity contribution in [2.24, 2.45) is 5.92 Å². The van der Waals surface area contributed by atoms with Crippen molar-refractivity contribution in [1.29, 1.82) is 0 Å². The number of nitrogens with one attached hydrogen (secondary N) is 1. The SMILES string of the molecule is CCCC(=O)NC[C@@H]1CCCN(C(=O)Cc2ccc(OC)cc2)C1. The average Bonchev–Trinajstić information content (AvgIpc) is 2.61. The fraction of sp³-hybridized carbons (Fsp3) is 0.579. The van der Waals surface area contributed by atoms with Crippen LogP contribution in [0.2, 0.25) is 0 Å². The van der Waals surface area contributed by atoms with E-state index in [4.69, 9.17) is 4.74 Å². The molecule has 2 rings (SSSR count). The van der Waals surface area contributed by atoms with Gasteiger partial charge >= 0.3 is 0 Å². The smallest absolute Gasteiger partial charge is 0.226 e. The lowest BCUT2D eigenvalue weighted by molar-refractivity contribution is -0.132. The first-order valence-corrected chi connectivity index (χ1v) is 8.79. The Balaban J connectivity index is 1.81. The van der Waals surface area contributed by atoms with E-state index in [0.29, 0.717) is 25.3 Å². The lowest BCUT2D eigenvalue weighted by Crippen LogP contribution is -2.44. The number of rotatable bonds is 7. The second-order valence-corrected chi connectivity index (χ2v) is 6.43. The van der Waals surface area contributed by atoms with Crippen molar-refractivity contribution in [2.45, 2.75) is 39.0 Å². The number of hydrogen-bond donors (Lipinski definition) is 1. The molecule has 5 heteroatoms. The molecule has 0 aromatic heterocycles. The minimum Gasteiger partial charge on any atom is -0.497 e. The molecule has 2 amide bonds. The molecule has 1 aromatic carbocycles. The van der Waals surface area contributed by atoms with Crippen molar-refractivity contribution < 1.29 is 14.3 Å². The van der Waals surface area contributed by atoms with Crippen molar-refractivity contribution in [3.8, 4) is 5.75 Å². The molecule has 1 aliphatic rings. The lowest BCUT2D eigenvalue weighted by atomic mass is 9.97. The molecule has 132 valence electrons. The third-order valence-electron chi connectivity index (χ3n) is 4.45. The monoisotopic (exact) mass is 332 g/mol. The van der Waals surface area contributed by atoms with Gasteiger partial charge in [0, 0.05) is 26.1 Å². The number of amides is 2. The fourth-order valence-electron chi connectivity index (χ4n) is 3.06. The standard InChI is InChI=1S/C19H28N2O3/c1-3-5-18(22)20-13-16-6-4-11-21(14-16)19(23)12-15-7-9-17(24-2)10-8-15/h7-10,16H,3-6,11-14H2,1-2H3,(H,20,22)/t16-/m0/s1. The van der Waals surface area contributed by atoms with E-state index in [2.05, 4.69) is 5.32 Å². The zero-order chi connectivity index (χ0) is 17.4. The number of likely N-dealkylation sites (tertiary alicyclic amines) is 1. The Labute approximate surface area is 144 Å². The summed E-state index contributed by atoms with van der Waals surface area (Å²) in [6.07, 6.45) is 3.93. The van der Waals surface area contributed by atoms with Crippen molar-refractivity contribution in [1.82, 2.24) is 10.2 Å². The molecule has 1 saturated heterocycles. The van der Waals surface area contributed by atoms with Crippen LogP contribution in [0.4, 0.5) is 0 Å². The normalized spacial score (nSPS) is 17.4. The van der Waals surface area contributed by atoms with E-state index in [1.807, 2.05) is 36.1 Å². The van der Waals surface area contributed by atoms with E-state index >= 15 is 0 Å². The zero-order valence-corrected chi connectivity index (χ0v) is 14.7. The highest BCUT2D eigenvalue weighted by atomic mass is 16.5. The zero-order valence-electron chi connectivity index (χ0n) is 14.7. The maximum Gasteiger partial charge on any atom is 0.226 e. The molecule has 1 aromatic rings. The highest BCUT2D eigenvalue weighted by Gasteiger charge is 2.23. The Hall–Kier alpha value is -2.04. The van der Waals surface area contributed by atoms with Gasteiger partial charge in [-0.25, -0.2) is 0 Å². The van der Waals surface area contributed by atoms with E-state index in [0.717, 1.165) is 43.7 Å². The lowest BCUT2D eigenvalue weighted by Gasteiger charge is -2.33. The second-order valence-electron chi connectivity index (χ2n) is 6.43. The van der Waals surface area contributed by atoms with Gasteiger partial charge in [-0.15, -0.1) is 0 Å². The van der Waals surface area contributed by atoms with Crippen LogP contribution in [-0.4, -0.2) is 43.5 Å². The summed E-state index contributed by atoms with van der Waals surface area (Å²) in [5.41, 5.74) is 0.999. The predicted molar refractivity (Wildman–Crippen MR) is 93.9 cm³/mol. The van der Waals surface area contributed by atoms with Gasteiger partial charge in [-0.05, 0) is 42.9 Å². The molecular formula is C19H28N2O3. The Morgan fingerprint density at radius 1 is 1.29 bits per heavy atom. The van der Waals surface area contributed by atoms with Crippen LogP contribution < -0.4 is 10.1 Å². The van der Waals surface area contributed by atoms with E-state index < -0.39 is 0 Å². The van der Waals surface area contributed by atoms with E-state index in [-0.39, 0.29) is 11.8 Å². The van der Waals surface area contributed by atoms with E-state index in [9.17, 15) is 9.59 Å². The fourth-order valence-corrected chi connectivity index (χ4v) is 3.06. The summed E-state index contributed by atoms with van der Waals surface area (Å²) in [7, 11) is 1.63. The molecule has 0 unspecified atom stereocenters. The molecule has 1 atom stereocenters. The van der Waals surface area contributed by atoms with Crippen molar-refractivity contribution >= 4 is 11.8 Å². The molecule has 1 N–H and O–H groups in total. The molecule has 24 heavy (non-hydrogen) atoms. The molecule has 0 bridgehead atoms. The van der Waals surface area contributed by atoms with Crippen molar-refractivity contribution in [3.63, 3.8) is 0 Å². The largest absolute Gasteiger partial charge is 0.497 e. The third-order valence-corrected chi connectivity index (χ3v) is 4.45. The van der Waals surface area contributed by atoms with Crippen LogP contribution in [0.3, 0.4) is 0 Å². The molecule has 1 fully saturated rings. The Morgan fingerprint density at radius 3 is 2.71 bits per heavy atom. The average molecular weight is 332 g/mol. The first kappa shape index (κ1) is 18.3. The maximum atomic E-state index is 12.5. The van der Waals surface area contributed by atoms with E-state index in [1.54, 1.807) is 7.11 Å². The number of methoxy groups -OCH3 is 1. The third kappa shape index (κ3) is 5.55. The first-order valence-electron chi connectivity index (χ1n) is 8.79. The van der Waals surface area contributed by atoms with Gasteiger partial charge in [0.25, 0.3) is 0 Å². The van der Waals surface area contributed by atoms with Crippen LogP contribution in [-0.2, 0) is 16.0 Å². The van der Waals surface area contributed by atoms with Gasteiger partial charge in [-0.3, -0.25) is 9.59 Å². The molecule has 5 nitrogen and oxygen atoms in total. The van der Waals surface area contributed by atoms with Crippen molar-refractivity contribution in [3.05, 3.63) is 29.8 Å². The summed E-state index contributed by atoms with van der Waals surface area (Å²) in [6, 6.07) is 7.63. The van der Waals surface area contributed by atoms with Crippen LogP contribution in [0.5, 0.6) is 5.75 Å². The number of hydrogen-bond acceptors (Lipinski definition) is 3. The number of piperidine rings is 1. The van der Waals surface area contributed by atoms with Crippen LogP contribution in [0.1, 0.15) is 38.2 Å². The van der Waals surface area contributed by atoms with Crippen LogP contribution >= 0.6 is 0 Å². The summed E-state index contributed by atoms with van der Waals surface area (Å²) in [4.78, 5) is 26.0. The molecule has 0 saturated carbocycles. The van der Waals surface area contributed by atoms with Crippen LogP contribution in [0, 0.1) is 5.92 Å². The molecule has 0 radical (unpaired) electrons. The Morgan fingerprint density at radius 2 is 2.04 bits per heavy atom. The van der Waals surface area contributed by atoms with Gasteiger partial charge in [-0.2, -0.15) is 0 Å². The molecule has 1 aliphatic heterocycles. The molecule has 1 heterocycles. The van der Waals surface area contributed by atoms with Gasteiger partial charge in [0.15, 0.2) is 0 Å². The number of carbonyl (C=O) groups is 2. The van der Waals surface area contributed by atoms with Crippen LogP contribution in [0.25, 0.3) is 0 Å². The topological polar surface area (TPSA) is 58.6 Å². The Kier molecular flexibility index (Phi) is 7.09. The minimum atomic E-state index is 0.110. The van der Waals surface area contributed by atoms with Crippen LogP contribution in [0.15, 0.2) is 24.3 Å². The first-order chi connectivity index (χ1) is 11.6. The quantitative estimate of drug-likeness (QED) is 0.834. The minimum absolute atomic E-state index is 0.110. The molecule has 0 aliphatic carbocycles.